The first-order chi connectivity index (χ1) is 6.18. The van der Waals surface area contributed by atoms with Gasteiger partial charge in [0.2, 0.25) is 0 Å². The van der Waals surface area contributed by atoms with Gasteiger partial charge in [-0.2, -0.15) is 0 Å². The van der Waals surface area contributed by atoms with Crippen LogP contribution in [0.5, 0.6) is 0 Å². The summed E-state index contributed by atoms with van der Waals surface area (Å²) in [7, 11) is 0. The van der Waals surface area contributed by atoms with E-state index in [4.69, 9.17) is 10.2 Å². The zero-order valence-corrected chi connectivity index (χ0v) is 8.12. The number of furan rings is 1. The van der Waals surface area contributed by atoms with Crippen LogP contribution < -0.4 is 5.73 Å². The van der Waals surface area contributed by atoms with Crippen molar-refractivity contribution in [2.75, 3.05) is 0 Å². The average molecular weight is 179 g/mol. The summed E-state index contributed by atoms with van der Waals surface area (Å²) >= 11 is 0. The molecule has 2 heteroatoms. The lowest BCUT2D eigenvalue weighted by molar-refractivity contribution is 0.376. The Morgan fingerprint density at radius 1 is 1.69 bits per heavy atom. The third-order valence-corrected chi connectivity index (χ3v) is 3.00. The van der Waals surface area contributed by atoms with E-state index in [1.54, 1.807) is 6.26 Å². The van der Waals surface area contributed by atoms with Crippen LogP contribution in [-0.4, -0.2) is 5.54 Å². The minimum Gasteiger partial charge on any atom is -0.469 e. The van der Waals surface area contributed by atoms with Crippen LogP contribution in [0, 0.1) is 5.92 Å². The minimum atomic E-state index is -0.00271. The number of hydrogen-bond acceptors (Lipinski definition) is 2. The molecule has 1 aromatic rings. The normalized spacial score (nSPS) is 33.8. The summed E-state index contributed by atoms with van der Waals surface area (Å²) < 4.78 is 5.32. The van der Waals surface area contributed by atoms with Crippen molar-refractivity contribution in [3.05, 3.63) is 24.2 Å². The van der Waals surface area contributed by atoms with Crippen LogP contribution in [0.3, 0.4) is 0 Å². The van der Waals surface area contributed by atoms with E-state index in [1.165, 1.54) is 6.42 Å². The molecule has 0 saturated heterocycles. The monoisotopic (exact) mass is 179 g/mol. The topological polar surface area (TPSA) is 39.2 Å². The lowest BCUT2D eigenvalue weighted by Crippen LogP contribution is -2.39. The van der Waals surface area contributed by atoms with E-state index in [2.05, 4.69) is 6.92 Å². The van der Waals surface area contributed by atoms with Crippen molar-refractivity contribution in [1.82, 2.24) is 0 Å². The van der Waals surface area contributed by atoms with Crippen molar-refractivity contribution in [3.8, 4) is 0 Å². The Labute approximate surface area is 79.1 Å². The van der Waals surface area contributed by atoms with Gasteiger partial charge in [0.05, 0.1) is 6.26 Å². The Bertz CT molecular complexity index is 268. The fourth-order valence-electron chi connectivity index (χ4n) is 2.35. The first kappa shape index (κ1) is 8.82. The summed E-state index contributed by atoms with van der Waals surface area (Å²) in [5.41, 5.74) is 6.28. The van der Waals surface area contributed by atoms with Crippen LogP contribution in [0.2, 0.25) is 0 Å². The predicted octanol–water partition coefficient (Wildman–Crippen LogP) is 2.34. The van der Waals surface area contributed by atoms with Gasteiger partial charge in [0.15, 0.2) is 0 Å². The molecule has 0 radical (unpaired) electrons. The molecular weight excluding hydrogens is 162 g/mol. The van der Waals surface area contributed by atoms with Gasteiger partial charge in [0.1, 0.15) is 5.76 Å². The quantitative estimate of drug-likeness (QED) is 0.756. The Hall–Kier alpha value is -0.760. The van der Waals surface area contributed by atoms with Gasteiger partial charge in [-0.3, -0.25) is 0 Å². The molecule has 2 N–H and O–H groups in total. The van der Waals surface area contributed by atoms with Crippen molar-refractivity contribution in [2.45, 2.75) is 38.1 Å². The third-order valence-electron chi connectivity index (χ3n) is 3.00. The van der Waals surface area contributed by atoms with E-state index in [0.717, 1.165) is 30.9 Å². The van der Waals surface area contributed by atoms with Gasteiger partial charge < -0.3 is 10.2 Å². The van der Waals surface area contributed by atoms with Gasteiger partial charge in [-0.15, -0.1) is 0 Å². The summed E-state index contributed by atoms with van der Waals surface area (Å²) in [6, 6.07) is 3.94. The van der Waals surface area contributed by atoms with E-state index in [0.29, 0.717) is 0 Å². The van der Waals surface area contributed by atoms with Gasteiger partial charge in [-0.25, -0.2) is 0 Å². The highest BCUT2D eigenvalue weighted by Crippen LogP contribution is 2.34. The van der Waals surface area contributed by atoms with Crippen LogP contribution in [0.15, 0.2) is 22.8 Å². The van der Waals surface area contributed by atoms with Gasteiger partial charge in [-0.05, 0) is 37.3 Å². The third kappa shape index (κ3) is 1.94. The molecule has 72 valence electrons. The SMILES string of the molecule is CC1CCC(N)(Cc2ccco2)C1. The molecule has 1 saturated carbocycles. The Balaban J connectivity index is 2.01. The summed E-state index contributed by atoms with van der Waals surface area (Å²) in [5, 5.41) is 0. The van der Waals surface area contributed by atoms with E-state index >= 15 is 0 Å². The van der Waals surface area contributed by atoms with Crippen LogP contribution in [-0.2, 0) is 6.42 Å². The molecule has 2 unspecified atom stereocenters. The highest BCUT2D eigenvalue weighted by atomic mass is 16.3. The average Bonchev–Trinajstić information content (AvgIpc) is 2.62. The van der Waals surface area contributed by atoms with Crippen LogP contribution >= 0.6 is 0 Å². The van der Waals surface area contributed by atoms with Crippen LogP contribution in [0.4, 0.5) is 0 Å². The second-order valence-electron chi connectivity index (χ2n) is 4.47. The maximum absolute atomic E-state index is 6.28. The molecule has 1 aliphatic carbocycles. The fraction of sp³-hybridized carbons (Fsp3) is 0.636. The van der Waals surface area contributed by atoms with Crippen molar-refractivity contribution in [3.63, 3.8) is 0 Å². The predicted molar refractivity (Wildman–Crippen MR) is 52.3 cm³/mol. The summed E-state index contributed by atoms with van der Waals surface area (Å²) in [6.45, 7) is 2.27. The molecule has 0 bridgehead atoms. The highest BCUT2D eigenvalue weighted by Gasteiger charge is 2.34. The Morgan fingerprint density at radius 3 is 3.08 bits per heavy atom. The zero-order valence-electron chi connectivity index (χ0n) is 8.12. The van der Waals surface area contributed by atoms with E-state index in [-0.39, 0.29) is 5.54 Å². The Kier molecular flexibility index (Phi) is 2.16. The molecule has 2 nitrogen and oxygen atoms in total. The van der Waals surface area contributed by atoms with E-state index < -0.39 is 0 Å². The summed E-state index contributed by atoms with van der Waals surface area (Å²) in [6.07, 6.45) is 6.14. The second kappa shape index (κ2) is 3.18. The summed E-state index contributed by atoms with van der Waals surface area (Å²) in [5.74, 6) is 1.80. The van der Waals surface area contributed by atoms with Crippen LogP contribution in [0.1, 0.15) is 31.9 Å². The fourth-order valence-corrected chi connectivity index (χ4v) is 2.35. The molecule has 0 spiro atoms. The van der Waals surface area contributed by atoms with Gasteiger partial charge in [0, 0.05) is 12.0 Å². The first-order valence-corrected chi connectivity index (χ1v) is 4.99. The molecule has 2 atom stereocenters. The molecule has 0 aliphatic heterocycles. The minimum absolute atomic E-state index is 0.00271. The largest absolute Gasteiger partial charge is 0.469 e. The molecule has 1 aromatic heterocycles. The number of rotatable bonds is 2. The van der Waals surface area contributed by atoms with Crippen molar-refractivity contribution < 1.29 is 4.42 Å². The molecular formula is C11H17NO. The van der Waals surface area contributed by atoms with Gasteiger partial charge >= 0.3 is 0 Å². The number of hydrogen-bond donors (Lipinski definition) is 1. The van der Waals surface area contributed by atoms with Gasteiger partial charge in [-0.1, -0.05) is 6.92 Å². The Morgan fingerprint density at radius 2 is 2.54 bits per heavy atom. The first-order valence-electron chi connectivity index (χ1n) is 4.99. The maximum Gasteiger partial charge on any atom is 0.105 e. The molecule has 0 amide bonds. The lowest BCUT2D eigenvalue weighted by Gasteiger charge is -2.22. The van der Waals surface area contributed by atoms with Gasteiger partial charge in [0.25, 0.3) is 0 Å². The molecule has 1 heterocycles. The van der Waals surface area contributed by atoms with E-state index in [1.807, 2.05) is 12.1 Å². The zero-order chi connectivity index (χ0) is 9.31. The molecule has 1 fully saturated rings. The number of nitrogens with two attached hydrogens (primary N) is 1. The van der Waals surface area contributed by atoms with Crippen molar-refractivity contribution >= 4 is 0 Å². The highest BCUT2D eigenvalue weighted by molar-refractivity contribution is 5.06. The molecule has 13 heavy (non-hydrogen) atoms. The van der Waals surface area contributed by atoms with E-state index in [9.17, 15) is 0 Å². The molecule has 2 rings (SSSR count). The second-order valence-corrected chi connectivity index (χ2v) is 4.47. The lowest BCUT2D eigenvalue weighted by atomic mass is 9.92. The molecule has 1 aliphatic rings. The standard InChI is InChI=1S/C11H17NO/c1-9-4-5-11(12,7-9)8-10-3-2-6-13-10/h2-3,6,9H,4-5,7-8,12H2,1H3. The van der Waals surface area contributed by atoms with Crippen molar-refractivity contribution in [1.29, 1.82) is 0 Å². The smallest absolute Gasteiger partial charge is 0.105 e. The summed E-state index contributed by atoms with van der Waals surface area (Å²) in [4.78, 5) is 0. The molecule has 0 aromatic carbocycles. The maximum atomic E-state index is 6.28. The van der Waals surface area contributed by atoms with Crippen molar-refractivity contribution in [2.24, 2.45) is 11.7 Å². The van der Waals surface area contributed by atoms with Crippen LogP contribution in [0.25, 0.3) is 0 Å².